The molecule has 234 valence electrons. The van der Waals surface area contributed by atoms with E-state index in [-0.39, 0.29) is 24.5 Å². The first-order valence-corrected chi connectivity index (χ1v) is 15.5. The lowest BCUT2D eigenvalue weighted by Gasteiger charge is -2.32. The average molecular weight is 595 g/mol. The van der Waals surface area contributed by atoms with Crippen LogP contribution in [-0.4, -0.2) is 86.0 Å². The number of aliphatic hydroxyl groups excluding tert-OH is 1. The van der Waals surface area contributed by atoms with Gasteiger partial charge in [0.2, 0.25) is 5.91 Å². The van der Waals surface area contributed by atoms with Gasteiger partial charge in [-0.05, 0) is 50.3 Å². The lowest BCUT2D eigenvalue weighted by molar-refractivity contribution is -0.117. The minimum Gasteiger partial charge on any atom is -0.491 e. The summed E-state index contributed by atoms with van der Waals surface area (Å²) in [5, 5.41) is 17.6. The van der Waals surface area contributed by atoms with Gasteiger partial charge in [-0.25, -0.2) is 4.79 Å². The quantitative estimate of drug-likeness (QED) is 0.286. The molecule has 2 fully saturated rings. The molecule has 2 aliphatic rings. The molecule has 0 aromatic heterocycles. The van der Waals surface area contributed by atoms with Crippen molar-refractivity contribution >= 4 is 23.5 Å². The monoisotopic (exact) mass is 594 g/mol. The summed E-state index contributed by atoms with van der Waals surface area (Å²) in [7, 11) is 1.58. The smallest absolute Gasteiger partial charge is 0.317 e. The minimum atomic E-state index is -1.03. The average Bonchev–Trinajstić information content (AvgIpc) is 3.46. The molecule has 10 heteroatoms. The van der Waals surface area contributed by atoms with E-state index < -0.39 is 18.1 Å². The third-order valence-corrected chi connectivity index (χ3v) is 8.18. The van der Waals surface area contributed by atoms with Crippen LogP contribution in [0.3, 0.4) is 0 Å². The Morgan fingerprint density at radius 1 is 1.07 bits per heavy atom. The second-order valence-corrected chi connectivity index (χ2v) is 11.4. The number of rotatable bonds is 14. The Labute approximate surface area is 254 Å². The fourth-order valence-electron chi connectivity index (χ4n) is 5.74. The van der Waals surface area contributed by atoms with E-state index in [0.717, 1.165) is 37.7 Å². The molecule has 4 amide bonds. The molecule has 2 aromatic carbocycles. The van der Waals surface area contributed by atoms with Crippen LogP contribution in [0.15, 0.2) is 48.5 Å². The molecule has 2 aromatic rings. The van der Waals surface area contributed by atoms with Gasteiger partial charge < -0.3 is 35.0 Å². The molecule has 2 atom stereocenters. The zero-order valence-corrected chi connectivity index (χ0v) is 25.4. The normalized spacial score (nSPS) is 16.9. The first kappa shape index (κ1) is 32.3. The molecule has 1 aliphatic carbocycles. The second-order valence-electron chi connectivity index (χ2n) is 11.4. The number of likely N-dealkylation sites (N-methyl/N-ethyl adjacent to an activating group) is 1. The highest BCUT2D eigenvalue weighted by Gasteiger charge is 2.28. The molecule has 1 heterocycles. The van der Waals surface area contributed by atoms with Gasteiger partial charge in [-0.1, -0.05) is 49.6 Å². The number of nitrogens with one attached hydrogen (secondary N) is 2. The van der Waals surface area contributed by atoms with Crippen molar-refractivity contribution in [2.75, 3.05) is 44.9 Å². The number of anilines is 1. The molecule has 0 radical (unpaired) electrons. The predicted octanol–water partition coefficient (Wildman–Crippen LogP) is 3.90. The fourth-order valence-corrected chi connectivity index (χ4v) is 5.74. The number of aliphatic hydroxyl groups is 1. The van der Waals surface area contributed by atoms with Crippen molar-refractivity contribution in [2.45, 2.75) is 76.5 Å². The van der Waals surface area contributed by atoms with Gasteiger partial charge in [0.05, 0.1) is 25.3 Å². The van der Waals surface area contributed by atoms with Crippen molar-refractivity contribution in [1.29, 1.82) is 0 Å². The highest BCUT2D eigenvalue weighted by atomic mass is 16.5. The number of amides is 4. The number of hydrogen-bond donors (Lipinski definition) is 3. The number of nitrogens with zero attached hydrogens (tertiary/aromatic N) is 2. The van der Waals surface area contributed by atoms with E-state index in [9.17, 15) is 19.5 Å². The van der Waals surface area contributed by atoms with Gasteiger partial charge in [-0.15, -0.1) is 0 Å². The number of carbonyl (C=O) groups is 3. The van der Waals surface area contributed by atoms with Gasteiger partial charge in [-0.2, -0.15) is 0 Å². The Kier molecular flexibility index (Phi) is 12.2. The molecule has 1 aliphatic heterocycles. The summed E-state index contributed by atoms with van der Waals surface area (Å²) >= 11 is 0. The second kappa shape index (κ2) is 16.3. The van der Waals surface area contributed by atoms with Crippen molar-refractivity contribution in [3.05, 3.63) is 59.7 Å². The van der Waals surface area contributed by atoms with Crippen molar-refractivity contribution in [3.63, 3.8) is 0 Å². The Bertz CT molecular complexity index is 1200. The van der Waals surface area contributed by atoms with Crippen LogP contribution in [0.2, 0.25) is 0 Å². The lowest BCUT2D eigenvalue weighted by atomic mass is 9.96. The maximum absolute atomic E-state index is 13.7. The van der Waals surface area contributed by atoms with E-state index in [4.69, 9.17) is 9.47 Å². The molecule has 1 saturated heterocycles. The zero-order chi connectivity index (χ0) is 30.6. The van der Waals surface area contributed by atoms with Crippen LogP contribution in [0.25, 0.3) is 0 Å². The summed E-state index contributed by atoms with van der Waals surface area (Å²) in [5.74, 6) is 0.0554. The van der Waals surface area contributed by atoms with E-state index >= 15 is 0 Å². The van der Waals surface area contributed by atoms with Gasteiger partial charge >= 0.3 is 6.03 Å². The molecule has 0 bridgehead atoms. The number of hydrogen-bond acceptors (Lipinski definition) is 6. The van der Waals surface area contributed by atoms with Crippen molar-refractivity contribution in [3.8, 4) is 5.75 Å². The molecular formula is C33H46N4O6. The van der Waals surface area contributed by atoms with Crippen LogP contribution < -0.4 is 20.3 Å². The van der Waals surface area contributed by atoms with Gasteiger partial charge in [0.15, 0.2) is 0 Å². The Hall–Kier alpha value is -3.63. The molecule has 3 N–H and O–H groups in total. The number of urea groups is 1. The lowest BCUT2D eigenvalue weighted by Crippen LogP contribution is -2.53. The van der Waals surface area contributed by atoms with Crippen LogP contribution in [0.1, 0.15) is 67.8 Å². The maximum atomic E-state index is 13.7. The third kappa shape index (κ3) is 9.43. The highest BCUT2D eigenvalue weighted by molar-refractivity contribution is 5.99. The molecule has 0 spiro atoms. The summed E-state index contributed by atoms with van der Waals surface area (Å²) in [4.78, 5) is 42.6. The maximum Gasteiger partial charge on any atom is 0.317 e. The Morgan fingerprint density at radius 3 is 2.51 bits per heavy atom. The molecule has 4 rings (SSSR count). The van der Waals surface area contributed by atoms with E-state index in [0.29, 0.717) is 56.1 Å². The van der Waals surface area contributed by atoms with Gasteiger partial charge in [0.25, 0.3) is 5.91 Å². The minimum absolute atomic E-state index is 0.00364. The predicted molar refractivity (Wildman–Crippen MR) is 165 cm³/mol. The Morgan fingerprint density at radius 2 is 1.84 bits per heavy atom. The summed E-state index contributed by atoms with van der Waals surface area (Å²) in [6, 6.07) is 14.0. The number of benzene rings is 2. The SMILES string of the molecule is CCN(CC(O)C(Cc1ccccc1)NC(=O)c1cc(OCCOC)cc(N2CCCC2=O)c1)C(=O)NC1CCCCC1. The Balaban J connectivity index is 1.52. The molecule has 2 unspecified atom stereocenters. The standard InChI is InChI=1S/C33H46N4O6/c1-3-36(33(41)34-26-13-8-5-9-14-26)23-30(38)29(19-24-11-6-4-7-12-24)35-32(40)25-20-27(37-16-10-15-31(37)39)22-28(21-25)43-18-17-42-2/h4,6-7,11-12,20-22,26,29-30,38H,3,5,8-10,13-19,23H2,1-2H3,(H,34,41)(H,35,40). The van der Waals surface area contributed by atoms with Crippen molar-refractivity contribution < 1.29 is 29.0 Å². The van der Waals surface area contributed by atoms with Crippen LogP contribution in [0.4, 0.5) is 10.5 Å². The topological polar surface area (TPSA) is 120 Å². The molecular weight excluding hydrogens is 548 g/mol. The van der Waals surface area contributed by atoms with E-state index in [1.54, 1.807) is 35.1 Å². The van der Waals surface area contributed by atoms with Gasteiger partial charge in [0.1, 0.15) is 12.4 Å². The largest absolute Gasteiger partial charge is 0.491 e. The summed E-state index contributed by atoms with van der Waals surface area (Å²) in [6.07, 6.45) is 5.91. The van der Waals surface area contributed by atoms with Crippen molar-refractivity contribution in [2.24, 2.45) is 0 Å². The van der Waals surface area contributed by atoms with E-state index in [1.807, 2.05) is 37.3 Å². The van der Waals surface area contributed by atoms with E-state index in [1.165, 1.54) is 6.42 Å². The van der Waals surface area contributed by atoms with Crippen molar-refractivity contribution in [1.82, 2.24) is 15.5 Å². The van der Waals surface area contributed by atoms with Crippen LogP contribution in [-0.2, 0) is 16.0 Å². The molecule has 43 heavy (non-hydrogen) atoms. The third-order valence-electron chi connectivity index (χ3n) is 8.18. The summed E-state index contributed by atoms with van der Waals surface area (Å²) in [6.45, 7) is 3.62. The van der Waals surface area contributed by atoms with Crippen LogP contribution in [0, 0.1) is 0 Å². The first-order chi connectivity index (χ1) is 20.9. The number of ether oxygens (including phenoxy) is 2. The highest BCUT2D eigenvalue weighted by Crippen LogP contribution is 2.28. The number of methoxy groups -OCH3 is 1. The van der Waals surface area contributed by atoms with Gasteiger partial charge in [0, 0.05) is 50.0 Å². The molecule has 1 saturated carbocycles. The van der Waals surface area contributed by atoms with Gasteiger partial charge in [-0.3, -0.25) is 9.59 Å². The summed E-state index contributed by atoms with van der Waals surface area (Å²) in [5.41, 5.74) is 1.86. The van der Waals surface area contributed by atoms with Crippen LogP contribution in [0.5, 0.6) is 5.75 Å². The zero-order valence-electron chi connectivity index (χ0n) is 25.4. The molecule has 10 nitrogen and oxygen atoms in total. The first-order valence-electron chi connectivity index (χ1n) is 15.5. The summed E-state index contributed by atoms with van der Waals surface area (Å²) < 4.78 is 10.9. The van der Waals surface area contributed by atoms with Crippen LogP contribution >= 0.6 is 0 Å². The fraction of sp³-hybridized carbons (Fsp3) is 0.545. The number of carbonyl (C=O) groups excluding carboxylic acids is 3. The van der Waals surface area contributed by atoms with E-state index in [2.05, 4.69) is 10.6 Å².